The van der Waals surface area contributed by atoms with Crippen LogP contribution in [0, 0.1) is 5.92 Å². The summed E-state index contributed by atoms with van der Waals surface area (Å²) in [5.41, 5.74) is 6.72. The van der Waals surface area contributed by atoms with Crippen molar-refractivity contribution in [2.75, 3.05) is 18.5 Å². The Morgan fingerprint density at radius 3 is 2.61 bits per heavy atom. The van der Waals surface area contributed by atoms with Crippen molar-refractivity contribution in [2.45, 2.75) is 19.8 Å². The number of hydrogen-bond acceptors (Lipinski definition) is 2. The van der Waals surface area contributed by atoms with Gasteiger partial charge in [-0.05, 0) is 24.5 Å². The summed E-state index contributed by atoms with van der Waals surface area (Å²) in [5, 5.41) is 11.9. The lowest BCUT2D eigenvalue weighted by atomic mass is 10.0. The summed E-state index contributed by atoms with van der Waals surface area (Å²) in [6.07, 6.45) is 1.78. The van der Waals surface area contributed by atoms with Crippen molar-refractivity contribution in [3.05, 3.63) is 30.3 Å². The molecule has 0 aliphatic heterocycles. The Balaban J connectivity index is 0.00000289. The van der Waals surface area contributed by atoms with E-state index in [0.29, 0.717) is 18.4 Å². The molecule has 1 rings (SSSR count). The van der Waals surface area contributed by atoms with Crippen LogP contribution in [0.1, 0.15) is 19.8 Å². The van der Waals surface area contributed by atoms with Crippen LogP contribution in [0.15, 0.2) is 35.3 Å². The summed E-state index contributed by atoms with van der Waals surface area (Å²) in [4.78, 5) is 4.28. The molecule has 0 aliphatic rings. The summed E-state index contributed by atoms with van der Waals surface area (Å²) in [6.45, 7) is 2.96. The number of anilines is 1. The Morgan fingerprint density at radius 1 is 1.39 bits per heavy atom. The highest BCUT2D eigenvalue weighted by Crippen LogP contribution is 2.08. The van der Waals surface area contributed by atoms with Gasteiger partial charge in [-0.3, -0.25) is 4.99 Å². The number of nitrogens with two attached hydrogens (primary N) is 1. The molecule has 0 heterocycles. The lowest BCUT2D eigenvalue weighted by molar-refractivity contribution is 0.256. The fourth-order valence-electron chi connectivity index (χ4n) is 1.54. The number of halogens is 1. The van der Waals surface area contributed by atoms with Gasteiger partial charge in [0.05, 0.1) is 0 Å². The molecule has 0 aromatic heterocycles. The third-order valence-corrected chi connectivity index (χ3v) is 2.68. The average molecular weight is 363 g/mol. The van der Waals surface area contributed by atoms with Gasteiger partial charge in [0.15, 0.2) is 5.96 Å². The van der Waals surface area contributed by atoms with Crippen LogP contribution in [-0.4, -0.2) is 24.2 Å². The SMILES string of the molecule is CCC(CCO)CN=C(N)Nc1ccccc1.I. The largest absolute Gasteiger partial charge is 0.396 e. The van der Waals surface area contributed by atoms with Gasteiger partial charge in [0, 0.05) is 18.8 Å². The van der Waals surface area contributed by atoms with Gasteiger partial charge in [-0.15, -0.1) is 24.0 Å². The molecule has 0 spiro atoms. The minimum atomic E-state index is 0. The van der Waals surface area contributed by atoms with E-state index < -0.39 is 0 Å². The molecule has 5 heteroatoms. The standard InChI is InChI=1S/C13H21N3O.HI/c1-2-11(8-9-17)10-15-13(14)16-12-6-4-3-5-7-12;/h3-7,11,17H,2,8-10H2,1H3,(H3,14,15,16);1H. The zero-order valence-electron chi connectivity index (χ0n) is 10.7. The van der Waals surface area contributed by atoms with Crippen molar-refractivity contribution in [2.24, 2.45) is 16.6 Å². The highest BCUT2D eigenvalue weighted by atomic mass is 127. The van der Waals surface area contributed by atoms with Crippen LogP contribution in [0.3, 0.4) is 0 Å². The first-order valence-electron chi connectivity index (χ1n) is 5.99. The van der Waals surface area contributed by atoms with Crippen LogP contribution in [0.5, 0.6) is 0 Å². The Labute approximate surface area is 126 Å². The van der Waals surface area contributed by atoms with Gasteiger partial charge in [-0.1, -0.05) is 31.5 Å². The van der Waals surface area contributed by atoms with Crippen molar-refractivity contribution in [3.8, 4) is 0 Å². The average Bonchev–Trinajstić information content (AvgIpc) is 2.35. The molecule has 1 aromatic rings. The van der Waals surface area contributed by atoms with Crippen LogP contribution >= 0.6 is 24.0 Å². The van der Waals surface area contributed by atoms with Crippen molar-refractivity contribution in [1.29, 1.82) is 0 Å². The summed E-state index contributed by atoms with van der Waals surface area (Å²) in [6, 6.07) is 9.71. The number of nitrogens with zero attached hydrogens (tertiary/aromatic N) is 1. The second-order valence-electron chi connectivity index (χ2n) is 4.00. The number of rotatable bonds is 6. The van der Waals surface area contributed by atoms with E-state index in [-0.39, 0.29) is 30.6 Å². The summed E-state index contributed by atoms with van der Waals surface area (Å²) < 4.78 is 0. The molecule has 1 atom stereocenters. The zero-order valence-corrected chi connectivity index (χ0v) is 13.0. The fourth-order valence-corrected chi connectivity index (χ4v) is 1.54. The van der Waals surface area contributed by atoms with Crippen LogP contribution in [0.25, 0.3) is 0 Å². The maximum absolute atomic E-state index is 8.87. The van der Waals surface area contributed by atoms with E-state index in [1.165, 1.54) is 0 Å². The predicted molar refractivity (Wildman–Crippen MR) is 87.5 cm³/mol. The fraction of sp³-hybridized carbons (Fsp3) is 0.462. The highest BCUT2D eigenvalue weighted by molar-refractivity contribution is 14.0. The van der Waals surface area contributed by atoms with Crippen molar-refractivity contribution in [3.63, 3.8) is 0 Å². The number of nitrogens with one attached hydrogen (secondary N) is 1. The monoisotopic (exact) mass is 363 g/mol. The number of guanidine groups is 1. The summed E-state index contributed by atoms with van der Waals surface area (Å²) in [5.74, 6) is 0.823. The lowest BCUT2D eigenvalue weighted by Crippen LogP contribution is -2.23. The van der Waals surface area contributed by atoms with Gasteiger partial charge >= 0.3 is 0 Å². The Morgan fingerprint density at radius 2 is 2.06 bits per heavy atom. The molecule has 4 N–H and O–H groups in total. The van der Waals surface area contributed by atoms with Crippen LogP contribution in [0.2, 0.25) is 0 Å². The summed E-state index contributed by atoms with van der Waals surface area (Å²) >= 11 is 0. The minimum absolute atomic E-state index is 0. The molecule has 0 radical (unpaired) electrons. The molecular weight excluding hydrogens is 341 g/mol. The van der Waals surface area contributed by atoms with E-state index in [9.17, 15) is 0 Å². The number of aliphatic hydroxyl groups excluding tert-OH is 1. The van der Waals surface area contributed by atoms with E-state index in [1.54, 1.807) is 0 Å². The zero-order chi connectivity index (χ0) is 12.5. The van der Waals surface area contributed by atoms with E-state index in [2.05, 4.69) is 17.2 Å². The van der Waals surface area contributed by atoms with Gasteiger partial charge in [-0.2, -0.15) is 0 Å². The predicted octanol–water partition coefficient (Wildman–Crippen LogP) is 2.44. The maximum Gasteiger partial charge on any atom is 0.193 e. The lowest BCUT2D eigenvalue weighted by Gasteiger charge is -2.11. The van der Waals surface area contributed by atoms with Crippen molar-refractivity contribution in [1.82, 2.24) is 0 Å². The molecule has 0 saturated heterocycles. The second kappa shape index (κ2) is 10.1. The molecule has 0 fully saturated rings. The van der Waals surface area contributed by atoms with Crippen molar-refractivity contribution >= 4 is 35.6 Å². The Kier molecular flexibility index (Phi) is 9.67. The van der Waals surface area contributed by atoms with Gasteiger partial charge < -0.3 is 16.2 Å². The van der Waals surface area contributed by atoms with Gasteiger partial charge in [-0.25, -0.2) is 0 Å². The number of hydrogen-bond donors (Lipinski definition) is 3. The normalized spacial score (nSPS) is 12.7. The molecule has 1 unspecified atom stereocenters. The summed E-state index contributed by atoms with van der Waals surface area (Å²) in [7, 11) is 0. The Hall–Kier alpha value is -0.820. The molecule has 4 nitrogen and oxygen atoms in total. The smallest absolute Gasteiger partial charge is 0.193 e. The molecule has 0 bridgehead atoms. The van der Waals surface area contributed by atoms with Gasteiger partial charge in [0.2, 0.25) is 0 Å². The second-order valence-corrected chi connectivity index (χ2v) is 4.00. The molecule has 1 aromatic carbocycles. The molecule has 0 amide bonds. The first-order chi connectivity index (χ1) is 8.26. The topological polar surface area (TPSA) is 70.6 Å². The number of aliphatic imine (C=N–C) groups is 1. The molecule has 102 valence electrons. The molecule has 18 heavy (non-hydrogen) atoms. The first-order valence-corrected chi connectivity index (χ1v) is 5.99. The number of aliphatic hydroxyl groups is 1. The quantitative estimate of drug-likeness (QED) is 0.413. The third-order valence-electron chi connectivity index (χ3n) is 2.68. The number of para-hydroxylation sites is 1. The Bertz CT molecular complexity index is 343. The van der Waals surface area contributed by atoms with E-state index >= 15 is 0 Å². The molecule has 0 aliphatic carbocycles. The third kappa shape index (κ3) is 6.80. The van der Waals surface area contributed by atoms with Crippen LogP contribution in [-0.2, 0) is 0 Å². The van der Waals surface area contributed by atoms with Crippen LogP contribution in [0.4, 0.5) is 5.69 Å². The molecular formula is C13H22IN3O. The minimum Gasteiger partial charge on any atom is -0.396 e. The maximum atomic E-state index is 8.87. The van der Waals surface area contributed by atoms with Crippen LogP contribution < -0.4 is 11.1 Å². The highest BCUT2D eigenvalue weighted by Gasteiger charge is 2.04. The first kappa shape index (κ1) is 17.2. The van der Waals surface area contributed by atoms with E-state index in [1.807, 2.05) is 30.3 Å². The van der Waals surface area contributed by atoms with E-state index in [0.717, 1.165) is 18.5 Å². The van der Waals surface area contributed by atoms with E-state index in [4.69, 9.17) is 10.8 Å². The van der Waals surface area contributed by atoms with Gasteiger partial charge in [0.25, 0.3) is 0 Å². The number of benzene rings is 1. The van der Waals surface area contributed by atoms with Crippen molar-refractivity contribution < 1.29 is 5.11 Å². The van der Waals surface area contributed by atoms with Gasteiger partial charge in [0.1, 0.15) is 0 Å². The molecule has 0 saturated carbocycles.